The Kier molecular flexibility index (Phi) is 4.51. The first-order valence-corrected chi connectivity index (χ1v) is 8.04. The van der Waals surface area contributed by atoms with Gasteiger partial charge in [-0.1, -0.05) is 30.3 Å². The molecule has 1 aromatic carbocycles. The van der Waals surface area contributed by atoms with E-state index in [0.717, 1.165) is 18.5 Å². The van der Waals surface area contributed by atoms with Crippen LogP contribution in [0.15, 0.2) is 48.9 Å². The lowest BCUT2D eigenvalue weighted by Crippen LogP contribution is -1.98. The summed E-state index contributed by atoms with van der Waals surface area (Å²) in [6, 6.07) is 12.1. The van der Waals surface area contributed by atoms with Gasteiger partial charge >= 0.3 is 0 Å². The summed E-state index contributed by atoms with van der Waals surface area (Å²) < 4.78 is 1.62. The smallest absolute Gasteiger partial charge is 0.235 e. The molecule has 5 nitrogen and oxygen atoms in total. The summed E-state index contributed by atoms with van der Waals surface area (Å²) >= 11 is 0. The van der Waals surface area contributed by atoms with Crippen LogP contribution in [-0.4, -0.2) is 24.7 Å². The lowest BCUT2D eigenvalue weighted by atomic mass is 10.1. The van der Waals surface area contributed by atoms with Gasteiger partial charge in [-0.2, -0.15) is 0 Å². The van der Waals surface area contributed by atoms with E-state index in [1.54, 1.807) is 10.8 Å². The Bertz CT molecular complexity index is 826. The van der Waals surface area contributed by atoms with Gasteiger partial charge in [0.25, 0.3) is 0 Å². The second kappa shape index (κ2) is 6.74. The van der Waals surface area contributed by atoms with Crippen LogP contribution >= 0.6 is 0 Å². The van der Waals surface area contributed by atoms with Gasteiger partial charge in [-0.15, -0.1) is 0 Å². The molecule has 0 aliphatic carbocycles. The Hall–Kier alpha value is -2.82. The highest BCUT2D eigenvalue weighted by Gasteiger charge is 2.18. The van der Waals surface area contributed by atoms with E-state index in [1.807, 2.05) is 38.1 Å². The third kappa shape index (κ3) is 3.25. The van der Waals surface area contributed by atoms with Crippen LogP contribution in [0.1, 0.15) is 31.1 Å². The van der Waals surface area contributed by atoms with Gasteiger partial charge in [0.2, 0.25) is 5.88 Å². The van der Waals surface area contributed by atoms with Crippen molar-refractivity contribution in [1.29, 1.82) is 0 Å². The van der Waals surface area contributed by atoms with E-state index in [4.69, 9.17) is 0 Å². The molecule has 0 radical (unpaired) electrons. The Morgan fingerprint density at radius 2 is 1.79 bits per heavy atom. The van der Waals surface area contributed by atoms with Gasteiger partial charge < -0.3 is 14.8 Å². The van der Waals surface area contributed by atoms with Crippen LogP contribution in [0.5, 0.6) is 11.6 Å². The maximum absolute atomic E-state index is 10.2. The number of rotatable bonds is 5. The minimum absolute atomic E-state index is 0.0454. The fraction of sp³-hybridized carbons (Fsp3) is 0.263. The molecule has 5 heteroatoms. The highest BCUT2D eigenvalue weighted by Crippen LogP contribution is 2.39. The van der Waals surface area contributed by atoms with E-state index in [1.165, 1.54) is 11.9 Å². The van der Waals surface area contributed by atoms with Gasteiger partial charge in [0.05, 0.1) is 11.3 Å². The molecule has 0 saturated carbocycles. The molecule has 24 heavy (non-hydrogen) atoms. The lowest BCUT2D eigenvalue weighted by Gasteiger charge is -2.07. The molecule has 2 aromatic heterocycles. The van der Waals surface area contributed by atoms with Crippen molar-refractivity contribution >= 4 is 0 Å². The van der Waals surface area contributed by atoms with Crippen LogP contribution < -0.4 is 0 Å². The van der Waals surface area contributed by atoms with Crippen molar-refractivity contribution in [3.8, 4) is 22.9 Å². The number of aryl methyl sites for hydroxylation is 2. The molecule has 0 atom stereocenters. The second-order valence-electron chi connectivity index (χ2n) is 6.10. The van der Waals surface area contributed by atoms with Gasteiger partial charge in [0.1, 0.15) is 6.33 Å². The molecule has 3 aromatic rings. The predicted octanol–water partition coefficient (Wildman–Crippen LogP) is 3.72. The van der Waals surface area contributed by atoms with E-state index in [9.17, 15) is 10.2 Å². The standard InChI is InChI=1S/C19H21N3O2/c1-13(2)22-11-16(18(23)19(22)24)17-10-15(20-12-21-17)9-8-14-6-4-3-5-7-14/h3-7,10-13,23-24H,8-9H2,1-2H3. The third-order valence-electron chi connectivity index (χ3n) is 4.05. The molecule has 2 heterocycles. The molecule has 2 N–H and O–H groups in total. The highest BCUT2D eigenvalue weighted by atomic mass is 16.3. The SMILES string of the molecule is CC(C)n1cc(-c2cc(CCc3ccccc3)ncn2)c(O)c1O. The van der Waals surface area contributed by atoms with Crippen molar-refractivity contribution in [1.82, 2.24) is 14.5 Å². The maximum atomic E-state index is 10.2. The molecule has 124 valence electrons. The number of aromatic nitrogens is 3. The van der Waals surface area contributed by atoms with Crippen molar-refractivity contribution in [2.45, 2.75) is 32.7 Å². The summed E-state index contributed by atoms with van der Waals surface area (Å²) in [7, 11) is 0. The Balaban J connectivity index is 1.84. The molecule has 0 aliphatic rings. The lowest BCUT2D eigenvalue weighted by molar-refractivity contribution is 0.362. The normalized spacial score (nSPS) is 11.1. The number of hydrogen-bond donors (Lipinski definition) is 2. The number of aromatic hydroxyl groups is 2. The van der Waals surface area contributed by atoms with Crippen molar-refractivity contribution in [2.75, 3.05) is 0 Å². The summed E-state index contributed by atoms with van der Waals surface area (Å²) in [5, 5.41) is 20.2. The average Bonchev–Trinajstić information content (AvgIpc) is 2.90. The molecule has 0 unspecified atom stereocenters. The molecule has 0 fully saturated rings. The Morgan fingerprint density at radius 1 is 1.04 bits per heavy atom. The van der Waals surface area contributed by atoms with Crippen molar-refractivity contribution in [2.24, 2.45) is 0 Å². The second-order valence-corrected chi connectivity index (χ2v) is 6.10. The van der Waals surface area contributed by atoms with Crippen LogP contribution in [0.2, 0.25) is 0 Å². The van der Waals surface area contributed by atoms with Crippen LogP contribution in [0.4, 0.5) is 0 Å². The highest BCUT2D eigenvalue weighted by molar-refractivity contribution is 5.70. The monoisotopic (exact) mass is 323 g/mol. The van der Waals surface area contributed by atoms with Crippen LogP contribution in [0.25, 0.3) is 11.3 Å². The summed E-state index contributed by atoms with van der Waals surface area (Å²) in [6.45, 7) is 3.88. The number of benzene rings is 1. The minimum Gasteiger partial charge on any atom is -0.503 e. The third-order valence-corrected chi connectivity index (χ3v) is 4.05. The Labute approximate surface area is 141 Å². The molecule has 0 amide bonds. The summed E-state index contributed by atoms with van der Waals surface area (Å²) in [5.41, 5.74) is 3.29. The topological polar surface area (TPSA) is 71.2 Å². The van der Waals surface area contributed by atoms with E-state index in [2.05, 4.69) is 22.1 Å². The van der Waals surface area contributed by atoms with Gasteiger partial charge in [0, 0.05) is 17.9 Å². The van der Waals surface area contributed by atoms with E-state index < -0.39 is 0 Å². The minimum atomic E-state index is -0.142. The Morgan fingerprint density at radius 3 is 2.46 bits per heavy atom. The number of hydrogen-bond acceptors (Lipinski definition) is 4. The van der Waals surface area contributed by atoms with Gasteiger partial charge in [-0.3, -0.25) is 0 Å². The summed E-state index contributed by atoms with van der Waals surface area (Å²) in [4.78, 5) is 8.56. The van der Waals surface area contributed by atoms with E-state index in [0.29, 0.717) is 11.3 Å². The predicted molar refractivity (Wildman–Crippen MR) is 93.0 cm³/mol. The molecule has 0 saturated heterocycles. The largest absolute Gasteiger partial charge is 0.503 e. The fourth-order valence-corrected chi connectivity index (χ4v) is 2.68. The van der Waals surface area contributed by atoms with Crippen LogP contribution in [-0.2, 0) is 12.8 Å². The van der Waals surface area contributed by atoms with Crippen molar-refractivity contribution < 1.29 is 10.2 Å². The van der Waals surface area contributed by atoms with Gasteiger partial charge in [-0.05, 0) is 38.3 Å². The molecule has 0 spiro atoms. The van der Waals surface area contributed by atoms with E-state index in [-0.39, 0.29) is 17.7 Å². The first kappa shape index (κ1) is 16.1. The molecule has 0 bridgehead atoms. The first-order chi connectivity index (χ1) is 11.6. The molecular formula is C19H21N3O2. The summed E-state index contributed by atoms with van der Waals surface area (Å²) in [6.07, 6.45) is 4.90. The summed E-state index contributed by atoms with van der Waals surface area (Å²) in [5.74, 6) is -0.277. The fourth-order valence-electron chi connectivity index (χ4n) is 2.68. The van der Waals surface area contributed by atoms with Gasteiger partial charge in [0.15, 0.2) is 5.75 Å². The zero-order valence-corrected chi connectivity index (χ0v) is 13.8. The molecule has 0 aliphatic heterocycles. The van der Waals surface area contributed by atoms with Crippen molar-refractivity contribution in [3.05, 3.63) is 60.2 Å². The van der Waals surface area contributed by atoms with E-state index >= 15 is 0 Å². The van der Waals surface area contributed by atoms with Crippen LogP contribution in [0.3, 0.4) is 0 Å². The van der Waals surface area contributed by atoms with Gasteiger partial charge in [-0.25, -0.2) is 9.97 Å². The maximum Gasteiger partial charge on any atom is 0.235 e. The molecular weight excluding hydrogens is 302 g/mol. The zero-order valence-electron chi connectivity index (χ0n) is 13.8. The first-order valence-electron chi connectivity index (χ1n) is 8.04. The quantitative estimate of drug-likeness (QED) is 0.750. The van der Waals surface area contributed by atoms with Crippen LogP contribution in [0, 0.1) is 0 Å². The number of nitrogens with zero attached hydrogens (tertiary/aromatic N) is 3. The average molecular weight is 323 g/mol. The molecule has 3 rings (SSSR count). The van der Waals surface area contributed by atoms with Crippen molar-refractivity contribution in [3.63, 3.8) is 0 Å². The zero-order chi connectivity index (χ0) is 17.1.